The quantitative estimate of drug-likeness (QED) is 0.110. The third-order valence-electron chi connectivity index (χ3n) is 9.27. The molecule has 3 aromatic carbocycles. The fourth-order valence-electron chi connectivity index (χ4n) is 6.61. The van der Waals surface area contributed by atoms with Crippen molar-refractivity contribution in [3.63, 3.8) is 0 Å². The smallest absolute Gasteiger partial charge is 0.418 e. The Kier molecular flexibility index (Phi) is 11.3. The van der Waals surface area contributed by atoms with Crippen molar-refractivity contribution in [1.82, 2.24) is 9.80 Å². The first-order valence-electron chi connectivity index (χ1n) is 16.7. The summed E-state index contributed by atoms with van der Waals surface area (Å²) in [7, 11) is 0. The first-order chi connectivity index (χ1) is 25.6. The van der Waals surface area contributed by atoms with Crippen molar-refractivity contribution in [2.24, 2.45) is 0 Å². The molecule has 0 unspecified atom stereocenters. The van der Waals surface area contributed by atoms with Gasteiger partial charge in [0.1, 0.15) is 12.8 Å². The zero-order chi connectivity index (χ0) is 38.7. The molecule has 3 heterocycles. The van der Waals surface area contributed by atoms with Gasteiger partial charge in [0.05, 0.1) is 17.7 Å². The molecular formula is C37H33ClF6N2O8. The predicted octanol–water partition coefficient (Wildman–Crippen LogP) is 7.64. The van der Waals surface area contributed by atoms with E-state index in [9.17, 15) is 40.7 Å². The molecule has 6 rings (SSSR count). The van der Waals surface area contributed by atoms with Crippen LogP contribution in [0.4, 0.5) is 31.1 Å². The number of ether oxygens (including phenoxy) is 5. The van der Waals surface area contributed by atoms with Crippen LogP contribution in [0.15, 0.2) is 84.9 Å². The zero-order valence-corrected chi connectivity index (χ0v) is 29.1. The Morgan fingerprint density at radius 2 is 1.33 bits per heavy atom. The fourth-order valence-corrected chi connectivity index (χ4v) is 6.73. The number of carbonyl (C=O) groups is 3. The Morgan fingerprint density at radius 3 is 1.87 bits per heavy atom. The van der Waals surface area contributed by atoms with Crippen LogP contribution in [0.2, 0.25) is 5.02 Å². The molecule has 3 aromatic rings. The number of alkyl halides is 6. The van der Waals surface area contributed by atoms with Gasteiger partial charge in [-0.05, 0) is 59.5 Å². The number of benzene rings is 3. The molecule has 0 saturated carbocycles. The van der Waals surface area contributed by atoms with Crippen molar-refractivity contribution in [2.45, 2.75) is 55.8 Å². The summed E-state index contributed by atoms with van der Waals surface area (Å²) in [6.07, 6.45) is -9.39. The largest absolute Gasteiger partial charge is 0.432 e. The monoisotopic (exact) mass is 782 g/mol. The van der Waals surface area contributed by atoms with E-state index in [1.165, 1.54) is 24.3 Å². The minimum absolute atomic E-state index is 0.0288. The van der Waals surface area contributed by atoms with Crippen molar-refractivity contribution >= 4 is 29.6 Å². The maximum absolute atomic E-state index is 13.5. The molecule has 17 heteroatoms. The molecule has 10 nitrogen and oxygen atoms in total. The summed E-state index contributed by atoms with van der Waals surface area (Å²) in [6.45, 7) is 0.386. The summed E-state index contributed by atoms with van der Waals surface area (Å²) in [5.41, 5.74) is -2.78. The summed E-state index contributed by atoms with van der Waals surface area (Å²) in [6, 6.07) is 15.2. The number of amides is 1. The maximum atomic E-state index is 13.5. The molecule has 2 saturated heterocycles. The highest BCUT2D eigenvalue weighted by Gasteiger charge is 2.72. The minimum atomic E-state index is -4.68. The molecule has 288 valence electrons. The number of hydrogen-bond donors (Lipinski definition) is 0. The molecule has 0 N–H and O–H groups in total. The first kappa shape index (κ1) is 39.1. The predicted molar refractivity (Wildman–Crippen MR) is 177 cm³/mol. The second-order valence-corrected chi connectivity index (χ2v) is 13.3. The molecule has 2 fully saturated rings. The van der Waals surface area contributed by atoms with Crippen LogP contribution < -0.4 is 0 Å². The van der Waals surface area contributed by atoms with E-state index >= 15 is 0 Å². The van der Waals surface area contributed by atoms with E-state index in [0.29, 0.717) is 18.0 Å². The normalized spacial score (nSPS) is 18.6. The lowest BCUT2D eigenvalue weighted by atomic mass is 9.87. The average molecular weight is 783 g/mol. The molecule has 0 radical (unpaired) electrons. The number of piperidine rings is 1. The first-order valence-corrected chi connectivity index (χ1v) is 17.1. The number of carbonyl (C=O) groups excluding carboxylic acids is 3. The Bertz CT molecular complexity index is 1800. The van der Waals surface area contributed by atoms with Gasteiger partial charge in [-0.15, -0.1) is 0 Å². The summed E-state index contributed by atoms with van der Waals surface area (Å²) in [5, 5.41) is 0.515. The highest BCUT2D eigenvalue weighted by Crippen LogP contribution is 2.49. The molecule has 0 atom stereocenters. The second-order valence-electron chi connectivity index (χ2n) is 12.8. The van der Waals surface area contributed by atoms with Crippen LogP contribution >= 0.6 is 11.6 Å². The maximum Gasteiger partial charge on any atom is 0.418 e. The van der Waals surface area contributed by atoms with Crippen molar-refractivity contribution in [1.29, 1.82) is 0 Å². The van der Waals surface area contributed by atoms with Crippen LogP contribution in [-0.2, 0) is 52.2 Å². The number of likely N-dealkylation sites (tertiary alicyclic amines) is 1. The summed E-state index contributed by atoms with van der Waals surface area (Å²) in [4.78, 5) is 41.6. The second kappa shape index (κ2) is 15.6. The van der Waals surface area contributed by atoms with Gasteiger partial charge in [-0.1, -0.05) is 48.0 Å². The van der Waals surface area contributed by atoms with Gasteiger partial charge in [-0.2, -0.15) is 26.3 Å². The van der Waals surface area contributed by atoms with Crippen molar-refractivity contribution in [3.8, 4) is 0 Å². The van der Waals surface area contributed by atoms with Crippen molar-refractivity contribution in [3.05, 3.63) is 118 Å². The van der Waals surface area contributed by atoms with E-state index in [2.05, 4.69) is 0 Å². The lowest BCUT2D eigenvalue weighted by Gasteiger charge is -2.45. The lowest BCUT2D eigenvalue weighted by molar-refractivity contribution is -0.320. The number of rotatable bonds is 11. The molecule has 0 aliphatic carbocycles. The molecular weight excluding hydrogens is 750 g/mol. The number of hydrogen-bond acceptors (Lipinski definition) is 9. The van der Waals surface area contributed by atoms with Gasteiger partial charge in [-0.25, -0.2) is 19.3 Å². The zero-order valence-electron chi connectivity index (χ0n) is 28.3. The lowest BCUT2D eigenvalue weighted by Crippen LogP contribution is -2.66. The van der Waals surface area contributed by atoms with E-state index in [4.69, 9.17) is 35.3 Å². The van der Waals surface area contributed by atoms with Gasteiger partial charge in [-0.3, -0.25) is 0 Å². The van der Waals surface area contributed by atoms with Gasteiger partial charge in [0.25, 0.3) is 0 Å². The Morgan fingerprint density at radius 1 is 0.778 bits per heavy atom. The number of esters is 2. The van der Waals surface area contributed by atoms with E-state index in [1.54, 1.807) is 24.3 Å². The summed E-state index contributed by atoms with van der Waals surface area (Å²) in [5.74, 6) is -4.19. The average Bonchev–Trinajstić information content (AvgIpc) is 3.21. The van der Waals surface area contributed by atoms with Crippen LogP contribution in [-0.4, -0.2) is 72.3 Å². The number of nitrogens with zero attached hydrogens (tertiary/aromatic N) is 2. The standard InChI is InChI=1S/C37H33ClF6N2O8/c38-29-10-8-24(9-11-29)22-50-23-46-33(49)54-34(37(46)52-30(47)12-13-31(48)53-37)14-17-45(18-15-34)16-3-19-51-32(25-4-1-6-27(20-25)35(39,40)41)26-5-2-7-28(21-26)36(42,43)44/h1-2,4-13,20-21,32H,3,14-19,22-23H2. The van der Waals surface area contributed by atoms with Gasteiger partial charge < -0.3 is 28.6 Å². The third kappa shape index (κ3) is 8.51. The van der Waals surface area contributed by atoms with Gasteiger partial charge in [0.15, 0.2) is 0 Å². The Labute approximate surface area is 310 Å². The minimum Gasteiger partial charge on any atom is -0.432 e. The highest BCUT2D eigenvalue weighted by molar-refractivity contribution is 6.30. The summed E-state index contributed by atoms with van der Waals surface area (Å²) < 4.78 is 110. The molecule has 0 aromatic heterocycles. The molecule has 54 heavy (non-hydrogen) atoms. The highest BCUT2D eigenvalue weighted by atomic mass is 35.5. The summed E-state index contributed by atoms with van der Waals surface area (Å²) >= 11 is 5.94. The molecule has 0 bridgehead atoms. The topological polar surface area (TPSA) is 104 Å². The third-order valence-corrected chi connectivity index (χ3v) is 9.52. The van der Waals surface area contributed by atoms with Gasteiger partial charge in [0.2, 0.25) is 5.60 Å². The van der Waals surface area contributed by atoms with E-state index < -0.39 is 65.9 Å². The van der Waals surface area contributed by atoms with E-state index in [1.807, 2.05) is 4.90 Å². The van der Waals surface area contributed by atoms with Gasteiger partial charge >= 0.3 is 36.3 Å². The van der Waals surface area contributed by atoms with E-state index in [0.717, 1.165) is 46.9 Å². The van der Waals surface area contributed by atoms with Crippen LogP contribution in [0.3, 0.4) is 0 Å². The Hall–Kier alpha value is -4.64. The van der Waals surface area contributed by atoms with Crippen LogP contribution in [0.5, 0.6) is 0 Å². The molecule has 2 spiro atoms. The van der Waals surface area contributed by atoms with Crippen LogP contribution in [0.1, 0.15) is 53.2 Å². The molecule has 3 aliphatic rings. The van der Waals surface area contributed by atoms with E-state index in [-0.39, 0.29) is 50.3 Å². The van der Waals surface area contributed by atoms with Crippen LogP contribution in [0, 0.1) is 0 Å². The molecule has 1 amide bonds. The van der Waals surface area contributed by atoms with Crippen molar-refractivity contribution < 1.29 is 64.4 Å². The molecule has 3 aliphatic heterocycles. The van der Waals surface area contributed by atoms with Crippen molar-refractivity contribution in [2.75, 3.05) is 33.0 Å². The number of halogens is 7. The SMILES string of the molecule is O=C1C=CC(=O)OC2(O1)N(COCc1ccc(Cl)cc1)C(=O)OC21CCN(CCCOC(c2cccc(C(F)(F)F)c2)c2cccc(C(F)(F)F)c2)CC1. The Balaban J connectivity index is 1.12. The fraction of sp³-hybridized carbons (Fsp3) is 0.378. The van der Waals surface area contributed by atoms with Crippen LogP contribution in [0.25, 0.3) is 0 Å². The number of fused-ring (bicyclic) bond motifs is 1. The van der Waals surface area contributed by atoms with Gasteiger partial charge in [0, 0.05) is 56.3 Å².